The molecule has 4 N–H and O–H groups in total. The third kappa shape index (κ3) is 4.57. The predicted molar refractivity (Wildman–Crippen MR) is 90.1 cm³/mol. The lowest BCUT2D eigenvalue weighted by molar-refractivity contribution is -0.119. The highest BCUT2D eigenvalue weighted by Crippen LogP contribution is 2.17. The number of rotatable bonds is 3. The van der Waals surface area contributed by atoms with Crippen molar-refractivity contribution in [1.29, 1.82) is 0 Å². The van der Waals surface area contributed by atoms with E-state index in [1.807, 2.05) is 49.4 Å². The molecular formula is C16H17N3OS. The Morgan fingerprint density at radius 1 is 1.19 bits per heavy atom. The van der Waals surface area contributed by atoms with Crippen LogP contribution in [0.3, 0.4) is 0 Å². The Kier molecular flexibility index (Phi) is 4.90. The van der Waals surface area contributed by atoms with Crippen LogP contribution in [0.15, 0.2) is 48.5 Å². The van der Waals surface area contributed by atoms with Crippen LogP contribution in [0.2, 0.25) is 0 Å². The van der Waals surface area contributed by atoms with Gasteiger partial charge in [0, 0.05) is 11.4 Å². The van der Waals surface area contributed by atoms with Crippen molar-refractivity contribution < 1.29 is 4.79 Å². The first-order valence-electron chi connectivity index (χ1n) is 6.55. The lowest BCUT2D eigenvalue weighted by atomic mass is 10.1. The molecule has 21 heavy (non-hydrogen) atoms. The number of carbonyl (C=O) groups is 1. The number of hydrogen-bond acceptors (Lipinski definition) is 3. The Labute approximate surface area is 129 Å². The predicted octanol–water partition coefficient (Wildman–Crippen LogP) is 2.63. The first-order chi connectivity index (χ1) is 10.0. The Morgan fingerprint density at radius 3 is 2.57 bits per heavy atom. The Morgan fingerprint density at radius 2 is 1.90 bits per heavy atom. The van der Waals surface area contributed by atoms with Gasteiger partial charge in [0.05, 0.1) is 6.42 Å². The Balaban J connectivity index is 1.91. The SMILES string of the molecule is Cc1cc(N)ccc1NC(=S)NC(=O)Cc1ccccc1. The zero-order valence-corrected chi connectivity index (χ0v) is 12.5. The van der Waals surface area contributed by atoms with E-state index in [9.17, 15) is 4.79 Å². The van der Waals surface area contributed by atoms with E-state index in [0.29, 0.717) is 12.1 Å². The molecule has 0 saturated heterocycles. The number of carbonyl (C=O) groups excluding carboxylic acids is 1. The van der Waals surface area contributed by atoms with Gasteiger partial charge in [-0.25, -0.2) is 0 Å². The minimum Gasteiger partial charge on any atom is -0.399 e. The van der Waals surface area contributed by atoms with Crippen LogP contribution in [0, 0.1) is 6.92 Å². The fourth-order valence-corrected chi connectivity index (χ4v) is 2.16. The number of hydrogen-bond donors (Lipinski definition) is 3. The van der Waals surface area contributed by atoms with Crippen molar-refractivity contribution in [3.05, 3.63) is 59.7 Å². The molecule has 0 aliphatic rings. The van der Waals surface area contributed by atoms with Crippen LogP contribution >= 0.6 is 12.2 Å². The Bertz CT molecular complexity index is 656. The van der Waals surface area contributed by atoms with Crippen LogP contribution < -0.4 is 16.4 Å². The maximum Gasteiger partial charge on any atom is 0.230 e. The lowest BCUT2D eigenvalue weighted by Gasteiger charge is -2.12. The highest BCUT2D eigenvalue weighted by atomic mass is 32.1. The van der Waals surface area contributed by atoms with Crippen LogP contribution in [-0.2, 0) is 11.2 Å². The number of aryl methyl sites for hydroxylation is 1. The van der Waals surface area contributed by atoms with E-state index in [1.54, 1.807) is 6.07 Å². The van der Waals surface area contributed by atoms with Gasteiger partial charge < -0.3 is 16.4 Å². The van der Waals surface area contributed by atoms with Crippen LogP contribution in [0.5, 0.6) is 0 Å². The van der Waals surface area contributed by atoms with E-state index in [2.05, 4.69) is 10.6 Å². The van der Waals surface area contributed by atoms with E-state index in [1.165, 1.54) is 0 Å². The monoisotopic (exact) mass is 299 g/mol. The molecule has 4 nitrogen and oxygen atoms in total. The molecule has 0 unspecified atom stereocenters. The molecule has 2 rings (SSSR count). The number of thiocarbonyl (C=S) groups is 1. The van der Waals surface area contributed by atoms with E-state index in [0.717, 1.165) is 16.8 Å². The maximum absolute atomic E-state index is 11.9. The number of nitrogens with two attached hydrogens (primary N) is 1. The summed E-state index contributed by atoms with van der Waals surface area (Å²) in [6, 6.07) is 15.0. The third-order valence-electron chi connectivity index (χ3n) is 2.96. The van der Waals surface area contributed by atoms with Gasteiger partial charge in [-0.2, -0.15) is 0 Å². The molecule has 0 aliphatic heterocycles. The molecule has 0 aromatic heterocycles. The van der Waals surface area contributed by atoms with Gasteiger partial charge in [0.1, 0.15) is 0 Å². The summed E-state index contributed by atoms with van der Waals surface area (Å²) < 4.78 is 0. The molecule has 0 heterocycles. The van der Waals surface area contributed by atoms with Crippen molar-refractivity contribution >= 4 is 34.6 Å². The molecule has 0 aliphatic carbocycles. The second-order valence-electron chi connectivity index (χ2n) is 4.74. The average Bonchev–Trinajstić information content (AvgIpc) is 2.43. The van der Waals surface area contributed by atoms with Crippen molar-refractivity contribution in [2.75, 3.05) is 11.1 Å². The fraction of sp³-hybridized carbons (Fsp3) is 0.125. The molecule has 2 aromatic rings. The quantitative estimate of drug-likeness (QED) is 0.602. The molecular weight excluding hydrogens is 282 g/mol. The summed E-state index contributed by atoms with van der Waals surface area (Å²) in [4.78, 5) is 11.9. The number of benzene rings is 2. The number of nitrogen functional groups attached to an aromatic ring is 1. The van der Waals surface area contributed by atoms with Gasteiger partial charge in [-0.1, -0.05) is 30.3 Å². The standard InChI is InChI=1S/C16H17N3OS/c1-11-9-13(17)7-8-14(11)18-16(21)19-15(20)10-12-5-3-2-4-6-12/h2-9H,10,17H2,1H3,(H2,18,19,20,21). The average molecular weight is 299 g/mol. The highest BCUT2D eigenvalue weighted by molar-refractivity contribution is 7.80. The van der Waals surface area contributed by atoms with Crippen molar-refractivity contribution in [2.45, 2.75) is 13.3 Å². The second-order valence-corrected chi connectivity index (χ2v) is 5.15. The van der Waals surface area contributed by atoms with Gasteiger partial charge in [0.2, 0.25) is 5.91 Å². The third-order valence-corrected chi connectivity index (χ3v) is 3.16. The summed E-state index contributed by atoms with van der Waals surface area (Å²) in [5.74, 6) is -0.146. The topological polar surface area (TPSA) is 67.2 Å². The van der Waals surface area contributed by atoms with Crippen LogP contribution in [0.25, 0.3) is 0 Å². The molecule has 0 atom stereocenters. The highest BCUT2D eigenvalue weighted by Gasteiger charge is 2.07. The summed E-state index contributed by atoms with van der Waals surface area (Å²) in [7, 11) is 0. The fourth-order valence-electron chi connectivity index (χ4n) is 1.93. The van der Waals surface area contributed by atoms with E-state index < -0.39 is 0 Å². The number of nitrogens with one attached hydrogen (secondary N) is 2. The summed E-state index contributed by atoms with van der Waals surface area (Å²) in [6.07, 6.45) is 0.295. The van der Waals surface area contributed by atoms with E-state index in [-0.39, 0.29) is 11.0 Å². The lowest BCUT2D eigenvalue weighted by Crippen LogP contribution is -2.35. The molecule has 5 heteroatoms. The minimum absolute atomic E-state index is 0.146. The zero-order chi connectivity index (χ0) is 15.2. The summed E-state index contributed by atoms with van der Waals surface area (Å²) >= 11 is 5.15. The molecule has 0 fully saturated rings. The molecule has 1 amide bonds. The van der Waals surface area contributed by atoms with Gasteiger partial charge in [0.15, 0.2) is 5.11 Å². The number of anilines is 2. The number of amides is 1. The van der Waals surface area contributed by atoms with Gasteiger partial charge in [-0.3, -0.25) is 4.79 Å². The van der Waals surface area contributed by atoms with E-state index in [4.69, 9.17) is 18.0 Å². The molecule has 0 bridgehead atoms. The minimum atomic E-state index is -0.146. The second kappa shape index (κ2) is 6.85. The van der Waals surface area contributed by atoms with Gasteiger partial charge in [-0.15, -0.1) is 0 Å². The maximum atomic E-state index is 11.9. The summed E-state index contributed by atoms with van der Waals surface area (Å²) in [5.41, 5.74) is 9.13. The Hall–Kier alpha value is -2.40. The zero-order valence-electron chi connectivity index (χ0n) is 11.7. The van der Waals surface area contributed by atoms with Gasteiger partial charge >= 0.3 is 0 Å². The molecule has 108 valence electrons. The summed E-state index contributed by atoms with van der Waals surface area (Å²) in [5, 5.41) is 5.95. The molecule has 2 aromatic carbocycles. The smallest absolute Gasteiger partial charge is 0.230 e. The van der Waals surface area contributed by atoms with Gasteiger partial charge in [-0.05, 0) is 48.5 Å². The molecule has 0 spiro atoms. The molecule has 0 radical (unpaired) electrons. The first kappa shape index (κ1) is 15.0. The van der Waals surface area contributed by atoms with Crippen molar-refractivity contribution in [3.8, 4) is 0 Å². The van der Waals surface area contributed by atoms with Crippen molar-refractivity contribution in [2.24, 2.45) is 0 Å². The van der Waals surface area contributed by atoms with Gasteiger partial charge in [0.25, 0.3) is 0 Å². The van der Waals surface area contributed by atoms with Crippen molar-refractivity contribution in [1.82, 2.24) is 5.32 Å². The van der Waals surface area contributed by atoms with Crippen LogP contribution in [0.4, 0.5) is 11.4 Å². The first-order valence-corrected chi connectivity index (χ1v) is 6.96. The van der Waals surface area contributed by atoms with Crippen molar-refractivity contribution in [3.63, 3.8) is 0 Å². The van der Waals surface area contributed by atoms with E-state index >= 15 is 0 Å². The van der Waals surface area contributed by atoms with Crippen LogP contribution in [-0.4, -0.2) is 11.0 Å². The molecule has 0 saturated carbocycles. The van der Waals surface area contributed by atoms with Crippen LogP contribution in [0.1, 0.15) is 11.1 Å². The largest absolute Gasteiger partial charge is 0.399 e. The normalized spacial score (nSPS) is 9.95. The summed E-state index contributed by atoms with van der Waals surface area (Å²) in [6.45, 7) is 1.92.